The highest BCUT2D eigenvalue weighted by atomic mass is 35.5. The predicted octanol–water partition coefficient (Wildman–Crippen LogP) is 0.501. The van der Waals surface area contributed by atoms with Gasteiger partial charge in [0.1, 0.15) is 0 Å². The summed E-state index contributed by atoms with van der Waals surface area (Å²) in [5, 5.41) is 7.34. The molecule has 0 aromatic carbocycles. The van der Waals surface area contributed by atoms with Gasteiger partial charge in [-0.15, -0.1) is 17.5 Å². The molecule has 0 saturated carbocycles. The number of halogens is 1. The van der Waals surface area contributed by atoms with Crippen LogP contribution in [-0.4, -0.2) is 16.7 Å². The maximum absolute atomic E-state index is 5.12. The van der Waals surface area contributed by atoms with E-state index in [-0.39, 0.29) is 18.4 Å². The first-order valence-electron chi connectivity index (χ1n) is 3.73. The number of pyridine rings is 1. The van der Waals surface area contributed by atoms with Crippen LogP contribution < -0.4 is 11.5 Å². The first-order valence-corrected chi connectivity index (χ1v) is 3.73. The number of aromatic nitrogens is 1. The van der Waals surface area contributed by atoms with Gasteiger partial charge in [-0.3, -0.25) is 4.98 Å². The fourth-order valence-electron chi connectivity index (χ4n) is 0.767. The van der Waals surface area contributed by atoms with E-state index in [1.54, 1.807) is 12.4 Å². The molecule has 4 N–H and O–H groups in total. The van der Waals surface area contributed by atoms with Gasteiger partial charge in [0.2, 0.25) is 5.96 Å². The Hall–Kier alpha value is -1.62. The SMILES string of the molecule is C/C(=N\N=C(N)N)c1cccnc1.Cl. The van der Waals surface area contributed by atoms with Gasteiger partial charge >= 0.3 is 0 Å². The van der Waals surface area contributed by atoms with Crippen molar-refractivity contribution in [2.75, 3.05) is 0 Å². The lowest BCUT2D eigenvalue weighted by Crippen LogP contribution is -2.22. The molecule has 1 heterocycles. The standard InChI is InChI=1S/C8H11N5.ClH/c1-6(12-13-8(9)10)7-3-2-4-11-5-7;/h2-5H,1H3,(H4,9,10,13);1H/b12-6+;. The molecule has 14 heavy (non-hydrogen) atoms. The Kier molecular flexibility index (Phi) is 5.24. The first kappa shape index (κ1) is 12.4. The largest absolute Gasteiger partial charge is 0.369 e. The fraction of sp³-hybridized carbons (Fsp3) is 0.125. The van der Waals surface area contributed by atoms with Crippen LogP contribution in [-0.2, 0) is 0 Å². The van der Waals surface area contributed by atoms with E-state index in [0.717, 1.165) is 11.3 Å². The fourth-order valence-corrected chi connectivity index (χ4v) is 0.767. The van der Waals surface area contributed by atoms with Crippen LogP contribution in [0, 0.1) is 0 Å². The highest BCUT2D eigenvalue weighted by Crippen LogP contribution is 1.98. The van der Waals surface area contributed by atoms with Crippen molar-refractivity contribution in [2.45, 2.75) is 6.92 Å². The lowest BCUT2D eigenvalue weighted by molar-refractivity contribution is 1.19. The van der Waals surface area contributed by atoms with Crippen LogP contribution in [0.2, 0.25) is 0 Å². The highest BCUT2D eigenvalue weighted by molar-refractivity contribution is 5.98. The van der Waals surface area contributed by atoms with Crippen LogP contribution in [0.15, 0.2) is 34.7 Å². The molecule has 0 saturated heterocycles. The van der Waals surface area contributed by atoms with E-state index in [4.69, 9.17) is 11.5 Å². The molecule has 0 fully saturated rings. The molecule has 1 aromatic heterocycles. The lowest BCUT2D eigenvalue weighted by atomic mass is 10.2. The summed E-state index contributed by atoms with van der Waals surface area (Å²) >= 11 is 0. The van der Waals surface area contributed by atoms with Gasteiger partial charge < -0.3 is 11.5 Å². The quantitative estimate of drug-likeness (QED) is 0.426. The molecule has 0 aliphatic heterocycles. The van der Waals surface area contributed by atoms with E-state index < -0.39 is 0 Å². The normalized spacial score (nSPS) is 10.2. The molecule has 1 aromatic rings. The smallest absolute Gasteiger partial charge is 0.211 e. The summed E-state index contributed by atoms with van der Waals surface area (Å²) in [6, 6.07) is 3.71. The monoisotopic (exact) mass is 213 g/mol. The van der Waals surface area contributed by atoms with Crippen molar-refractivity contribution in [2.24, 2.45) is 21.7 Å². The molecule has 6 heteroatoms. The van der Waals surface area contributed by atoms with Crippen LogP contribution in [0.5, 0.6) is 0 Å². The summed E-state index contributed by atoms with van der Waals surface area (Å²) in [7, 11) is 0. The number of hydrogen-bond acceptors (Lipinski definition) is 3. The van der Waals surface area contributed by atoms with Crippen LogP contribution >= 0.6 is 12.4 Å². The van der Waals surface area contributed by atoms with Crippen molar-refractivity contribution in [1.82, 2.24) is 4.98 Å². The van der Waals surface area contributed by atoms with Gasteiger partial charge in [-0.1, -0.05) is 6.07 Å². The van der Waals surface area contributed by atoms with Gasteiger partial charge in [0, 0.05) is 18.0 Å². The lowest BCUT2D eigenvalue weighted by Gasteiger charge is -1.95. The van der Waals surface area contributed by atoms with Crippen LogP contribution in [0.3, 0.4) is 0 Å². The van der Waals surface area contributed by atoms with Gasteiger partial charge in [-0.25, -0.2) is 0 Å². The molecule has 0 atom stereocenters. The minimum atomic E-state index is -0.0526. The zero-order valence-electron chi connectivity index (χ0n) is 7.71. The van der Waals surface area contributed by atoms with Crippen LogP contribution in [0.4, 0.5) is 0 Å². The molecule has 0 unspecified atom stereocenters. The molecule has 0 radical (unpaired) electrons. The van der Waals surface area contributed by atoms with E-state index in [2.05, 4.69) is 15.2 Å². The van der Waals surface area contributed by atoms with Crippen molar-refractivity contribution >= 4 is 24.1 Å². The van der Waals surface area contributed by atoms with Crippen LogP contribution in [0.25, 0.3) is 0 Å². The Morgan fingerprint density at radius 3 is 2.57 bits per heavy atom. The second-order valence-corrected chi connectivity index (χ2v) is 2.45. The predicted molar refractivity (Wildman–Crippen MR) is 59.5 cm³/mol. The van der Waals surface area contributed by atoms with E-state index in [1.165, 1.54) is 0 Å². The topological polar surface area (TPSA) is 89.6 Å². The third kappa shape index (κ3) is 3.86. The second kappa shape index (κ2) is 5.93. The second-order valence-electron chi connectivity index (χ2n) is 2.45. The Labute approximate surface area is 88.3 Å². The third-order valence-electron chi connectivity index (χ3n) is 1.39. The molecule has 0 bridgehead atoms. The average Bonchev–Trinajstić information content (AvgIpc) is 2.15. The number of nitrogens with two attached hydrogens (primary N) is 2. The Morgan fingerprint density at radius 2 is 2.07 bits per heavy atom. The average molecular weight is 214 g/mol. The van der Waals surface area contributed by atoms with Gasteiger partial charge in [-0.05, 0) is 13.0 Å². The van der Waals surface area contributed by atoms with Crippen molar-refractivity contribution in [3.05, 3.63) is 30.1 Å². The molecular weight excluding hydrogens is 202 g/mol. The molecule has 0 amide bonds. The molecule has 76 valence electrons. The number of guanidine groups is 1. The molecule has 5 nitrogen and oxygen atoms in total. The summed E-state index contributed by atoms with van der Waals surface area (Å²) in [6.45, 7) is 1.81. The summed E-state index contributed by atoms with van der Waals surface area (Å²) in [6.07, 6.45) is 3.39. The summed E-state index contributed by atoms with van der Waals surface area (Å²) in [5.41, 5.74) is 11.9. The van der Waals surface area contributed by atoms with Crippen molar-refractivity contribution < 1.29 is 0 Å². The Morgan fingerprint density at radius 1 is 1.36 bits per heavy atom. The molecule has 0 spiro atoms. The Balaban J connectivity index is 0.00000169. The van der Waals surface area contributed by atoms with Gasteiger partial charge in [0.25, 0.3) is 0 Å². The third-order valence-corrected chi connectivity index (χ3v) is 1.39. The van der Waals surface area contributed by atoms with E-state index in [1.807, 2.05) is 19.1 Å². The zero-order chi connectivity index (χ0) is 9.68. The van der Waals surface area contributed by atoms with Crippen molar-refractivity contribution in [3.8, 4) is 0 Å². The Bertz CT molecular complexity index is 329. The molecule has 0 aliphatic carbocycles. The van der Waals surface area contributed by atoms with Crippen LogP contribution in [0.1, 0.15) is 12.5 Å². The number of hydrogen-bond donors (Lipinski definition) is 2. The minimum Gasteiger partial charge on any atom is -0.369 e. The van der Waals surface area contributed by atoms with E-state index >= 15 is 0 Å². The minimum absolute atomic E-state index is 0. The maximum Gasteiger partial charge on any atom is 0.211 e. The van der Waals surface area contributed by atoms with Crippen molar-refractivity contribution in [3.63, 3.8) is 0 Å². The summed E-state index contributed by atoms with van der Waals surface area (Å²) < 4.78 is 0. The van der Waals surface area contributed by atoms with E-state index in [0.29, 0.717) is 0 Å². The summed E-state index contributed by atoms with van der Waals surface area (Å²) in [4.78, 5) is 3.94. The highest BCUT2D eigenvalue weighted by Gasteiger charge is 1.94. The molecule has 1 rings (SSSR count). The molecule has 0 aliphatic rings. The number of nitrogens with zero attached hydrogens (tertiary/aromatic N) is 3. The zero-order valence-corrected chi connectivity index (χ0v) is 8.53. The van der Waals surface area contributed by atoms with Gasteiger partial charge in [0.05, 0.1) is 5.71 Å². The number of rotatable bonds is 2. The first-order chi connectivity index (χ1) is 6.20. The van der Waals surface area contributed by atoms with Gasteiger partial charge in [0.15, 0.2) is 0 Å². The van der Waals surface area contributed by atoms with E-state index in [9.17, 15) is 0 Å². The maximum atomic E-state index is 5.12. The molecular formula is C8H12ClN5. The summed E-state index contributed by atoms with van der Waals surface area (Å²) in [5.74, 6) is -0.0526. The van der Waals surface area contributed by atoms with Crippen molar-refractivity contribution in [1.29, 1.82) is 0 Å². The van der Waals surface area contributed by atoms with Gasteiger partial charge in [-0.2, -0.15) is 5.10 Å².